The van der Waals surface area contributed by atoms with Crippen molar-refractivity contribution in [2.45, 2.75) is 118 Å². The predicted molar refractivity (Wildman–Crippen MR) is 148 cm³/mol. The fraction of sp³-hybridized carbons (Fsp3) is 0.828. The number of likely N-dealkylation sites (N-methyl/N-ethyl adjacent to an activating group) is 1. The van der Waals surface area contributed by atoms with Gasteiger partial charge in [0.25, 0.3) is 0 Å². The van der Waals surface area contributed by atoms with Gasteiger partial charge in [-0.1, -0.05) is 79.9 Å². The molecule has 6 atom stereocenters. The summed E-state index contributed by atoms with van der Waals surface area (Å²) in [6.07, 6.45) is 8.75. The van der Waals surface area contributed by atoms with Crippen LogP contribution in [0.3, 0.4) is 0 Å². The van der Waals surface area contributed by atoms with E-state index in [9.17, 15) is 24.6 Å². The first-order valence-electron chi connectivity index (χ1n) is 13.9. The second-order valence-electron chi connectivity index (χ2n) is 11.6. The van der Waals surface area contributed by atoms with Crippen molar-refractivity contribution in [2.24, 2.45) is 23.2 Å². The minimum Gasteiger partial charge on any atom is -0.460 e. The summed E-state index contributed by atoms with van der Waals surface area (Å²) in [6.45, 7) is 14.4. The van der Waals surface area contributed by atoms with E-state index >= 15 is 0 Å². The fourth-order valence-electron chi connectivity index (χ4n) is 3.97. The minimum atomic E-state index is -1.01. The molecule has 1 saturated heterocycles. The molecular weight excluding hydrogens is 472 g/mol. The SMILES string of the molecule is CC(C)C(C=O)C(O)C(O)C(C)/C=C/C(C)(C)C.CCCCCCC(=O)OC1CCC(NC)C(=O)NC1. The van der Waals surface area contributed by atoms with Crippen LogP contribution in [0.4, 0.5) is 0 Å². The highest BCUT2D eigenvalue weighted by molar-refractivity contribution is 5.82. The first kappa shape index (κ1) is 35.2. The van der Waals surface area contributed by atoms with Gasteiger partial charge in [0.2, 0.25) is 5.91 Å². The Hall–Kier alpha value is -1.77. The van der Waals surface area contributed by atoms with Crippen LogP contribution in [-0.4, -0.2) is 66.3 Å². The van der Waals surface area contributed by atoms with Crippen LogP contribution in [0.2, 0.25) is 0 Å². The smallest absolute Gasteiger partial charge is 0.306 e. The summed E-state index contributed by atoms with van der Waals surface area (Å²) in [5, 5.41) is 25.9. The maximum atomic E-state index is 11.7. The number of hydrogen-bond donors (Lipinski definition) is 4. The zero-order chi connectivity index (χ0) is 28.6. The van der Waals surface area contributed by atoms with Crippen molar-refractivity contribution in [1.82, 2.24) is 10.6 Å². The Balaban J connectivity index is 0.000000702. The van der Waals surface area contributed by atoms with Crippen molar-refractivity contribution in [3.63, 3.8) is 0 Å². The van der Waals surface area contributed by atoms with Crippen LogP contribution in [-0.2, 0) is 19.1 Å². The third-order valence-electron chi connectivity index (χ3n) is 6.59. The molecule has 1 fully saturated rings. The lowest BCUT2D eigenvalue weighted by atomic mass is 9.84. The highest BCUT2D eigenvalue weighted by Gasteiger charge is 2.31. The van der Waals surface area contributed by atoms with Crippen molar-refractivity contribution >= 4 is 18.2 Å². The predicted octanol–water partition coefficient (Wildman–Crippen LogP) is 3.78. The van der Waals surface area contributed by atoms with Crippen molar-refractivity contribution in [3.8, 4) is 0 Å². The zero-order valence-electron chi connectivity index (χ0n) is 24.5. The van der Waals surface area contributed by atoms with E-state index in [2.05, 4.69) is 38.3 Å². The van der Waals surface area contributed by atoms with E-state index in [0.29, 0.717) is 19.4 Å². The van der Waals surface area contributed by atoms with Crippen molar-refractivity contribution < 1.29 is 29.3 Å². The van der Waals surface area contributed by atoms with E-state index in [0.717, 1.165) is 38.4 Å². The summed E-state index contributed by atoms with van der Waals surface area (Å²) < 4.78 is 5.41. The van der Waals surface area contributed by atoms with Crippen LogP contribution < -0.4 is 10.6 Å². The Bertz CT molecular complexity index is 688. The number of unbranched alkanes of at least 4 members (excludes halogenated alkanes) is 3. The molecule has 1 aliphatic rings. The number of aliphatic hydroxyl groups is 2. The van der Waals surface area contributed by atoms with Crippen LogP contribution in [0.5, 0.6) is 0 Å². The number of aliphatic hydroxyl groups excluding tert-OH is 2. The first-order chi connectivity index (χ1) is 17.3. The molecule has 0 aliphatic carbocycles. The molecule has 6 unspecified atom stereocenters. The molecule has 1 amide bonds. The Morgan fingerprint density at radius 2 is 1.78 bits per heavy atom. The molecule has 216 valence electrons. The van der Waals surface area contributed by atoms with Crippen LogP contribution >= 0.6 is 0 Å². The molecule has 4 N–H and O–H groups in total. The van der Waals surface area contributed by atoms with Crippen LogP contribution in [0.1, 0.15) is 93.4 Å². The number of nitrogens with one attached hydrogen (secondary N) is 2. The number of carbonyl (C=O) groups excluding carboxylic acids is 3. The summed E-state index contributed by atoms with van der Waals surface area (Å²) in [7, 11) is 1.77. The molecule has 0 radical (unpaired) electrons. The summed E-state index contributed by atoms with van der Waals surface area (Å²) in [4.78, 5) is 34.2. The summed E-state index contributed by atoms with van der Waals surface area (Å²) in [5.41, 5.74) is 0.0427. The maximum Gasteiger partial charge on any atom is 0.306 e. The van der Waals surface area contributed by atoms with E-state index in [1.165, 1.54) is 0 Å². The number of aldehydes is 1. The molecule has 0 aromatic heterocycles. The number of rotatable bonds is 13. The Labute approximate surface area is 225 Å². The van der Waals surface area contributed by atoms with Crippen molar-refractivity contribution in [2.75, 3.05) is 13.6 Å². The lowest BCUT2D eigenvalue weighted by molar-refractivity contribution is -0.149. The number of ether oxygens (including phenoxy) is 1. The van der Waals surface area contributed by atoms with Crippen molar-refractivity contribution in [1.29, 1.82) is 0 Å². The normalized spacial score (nSPS) is 21.8. The summed E-state index contributed by atoms with van der Waals surface area (Å²) in [5.74, 6) is -0.834. The molecule has 1 rings (SSSR count). The third-order valence-corrected chi connectivity index (χ3v) is 6.59. The van der Waals surface area contributed by atoms with Crippen LogP contribution in [0, 0.1) is 23.2 Å². The number of allylic oxidation sites excluding steroid dienone is 1. The van der Waals surface area contributed by atoms with Crippen molar-refractivity contribution in [3.05, 3.63) is 12.2 Å². The molecule has 0 spiro atoms. The number of carbonyl (C=O) groups is 3. The highest BCUT2D eigenvalue weighted by Crippen LogP contribution is 2.22. The van der Waals surface area contributed by atoms with Crippen LogP contribution in [0.25, 0.3) is 0 Å². The largest absolute Gasteiger partial charge is 0.460 e. The molecule has 8 heteroatoms. The quantitative estimate of drug-likeness (QED) is 0.125. The van der Waals surface area contributed by atoms with Gasteiger partial charge in [-0.05, 0) is 37.6 Å². The molecule has 0 aromatic rings. The van der Waals surface area contributed by atoms with Gasteiger partial charge in [-0.25, -0.2) is 0 Å². The topological polar surface area (TPSA) is 125 Å². The lowest BCUT2D eigenvalue weighted by Gasteiger charge is -2.28. The van der Waals surface area contributed by atoms with E-state index in [4.69, 9.17) is 4.74 Å². The monoisotopic (exact) mass is 526 g/mol. The molecular formula is C29H54N2O6. The number of hydrogen-bond acceptors (Lipinski definition) is 7. The molecule has 0 aromatic carbocycles. The number of amides is 1. The van der Waals surface area contributed by atoms with Crippen LogP contribution in [0.15, 0.2) is 12.2 Å². The van der Waals surface area contributed by atoms with Gasteiger partial charge in [-0.3, -0.25) is 9.59 Å². The van der Waals surface area contributed by atoms with E-state index < -0.39 is 18.1 Å². The second kappa shape index (κ2) is 18.5. The van der Waals surface area contributed by atoms with E-state index in [1.807, 2.05) is 32.9 Å². The Morgan fingerprint density at radius 3 is 2.30 bits per heavy atom. The molecule has 37 heavy (non-hydrogen) atoms. The van der Waals surface area contributed by atoms with Gasteiger partial charge < -0.3 is 30.4 Å². The Kier molecular flexibility index (Phi) is 17.6. The molecule has 0 saturated carbocycles. The van der Waals surface area contributed by atoms with E-state index in [-0.39, 0.29) is 41.3 Å². The van der Waals surface area contributed by atoms with Gasteiger partial charge >= 0.3 is 5.97 Å². The average Bonchev–Trinajstić information content (AvgIpc) is 3.00. The molecule has 1 heterocycles. The molecule has 8 nitrogen and oxygen atoms in total. The maximum absolute atomic E-state index is 11.7. The van der Waals surface area contributed by atoms with Gasteiger partial charge in [-0.2, -0.15) is 0 Å². The molecule has 1 aliphatic heterocycles. The Morgan fingerprint density at radius 1 is 1.14 bits per heavy atom. The first-order valence-corrected chi connectivity index (χ1v) is 13.9. The van der Waals surface area contributed by atoms with Gasteiger partial charge in [0, 0.05) is 18.3 Å². The number of esters is 1. The van der Waals surface area contributed by atoms with Gasteiger partial charge in [0.05, 0.1) is 24.8 Å². The minimum absolute atomic E-state index is 0.0102. The van der Waals surface area contributed by atoms with E-state index in [1.54, 1.807) is 7.05 Å². The van der Waals surface area contributed by atoms with Gasteiger partial charge in [0.15, 0.2) is 0 Å². The second-order valence-corrected chi connectivity index (χ2v) is 11.6. The fourth-order valence-corrected chi connectivity index (χ4v) is 3.97. The average molecular weight is 527 g/mol. The standard InChI is InChI=1S/C15H28O3.C14H26N2O3/c1-10(2)12(9-16)14(18)13(17)11(3)7-8-15(4,5)6;1-3-4-5-6-7-13(17)19-11-8-9-12(15-2)14(18)16-10-11/h7-14,17-18H,1-6H3;11-12,15H,3-10H2,1-2H3,(H,16,18)/b8-7+;. The summed E-state index contributed by atoms with van der Waals surface area (Å²) >= 11 is 0. The lowest BCUT2D eigenvalue weighted by Crippen LogP contribution is -2.41. The highest BCUT2D eigenvalue weighted by atomic mass is 16.5. The summed E-state index contributed by atoms with van der Waals surface area (Å²) in [6, 6.07) is -0.173. The zero-order valence-corrected chi connectivity index (χ0v) is 24.5. The molecule has 0 bridgehead atoms. The van der Waals surface area contributed by atoms with Gasteiger partial charge in [0.1, 0.15) is 12.4 Å². The van der Waals surface area contributed by atoms with Gasteiger partial charge in [-0.15, -0.1) is 0 Å². The third kappa shape index (κ3) is 15.3.